The number of hydrogen-bond acceptors (Lipinski definition) is 2. The van der Waals surface area contributed by atoms with E-state index in [1.807, 2.05) is 48.7 Å². The van der Waals surface area contributed by atoms with Crippen LogP contribution < -0.4 is 0 Å². The van der Waals surface area contributed by atoms with Crippen LogP contribution in [-0.4, -0.2) is 0 Å². The molecule has 1 aromatic carbocycles. The summed E-state index contributed by atoms with van der Waals surface area (Å²) in [5, 5.41) is 11.7. The smallest absolute Gasteiger partial charge is 0.102 e. The van der Waals surface area contributed by atoms with Gasteiger partial charge in [0.15, 0.2) is 0 Å². The van der Waals surface area contributed by atoms with Crippen molar-refractivity contribution in [2.24, 2.45) is 0 Å². The van der Waals surface area contributed by atoms with E-state index in [2.05, 4.69) is 6.07 Å². The van der Waals surface area contributed by atoms with Crippen LogP contribution in [0, 0.1) is 18.3 Å². The summed E-state index contributed by atoms with van der Waals surface area (Å²) in [5.41, 5.74) is 2.52. The lowest BCUT2D eigenvalue weighted by atomic mass is 10.1. The Bertz CT molecular complexity index is 591. The number of benzene rings is 1. The van der Waals surface area contributed by atoms with E-state index in [4.69, 9.17) is 11.6 Å². The minimum absolute atomic E-state index is 0.521. The van der Waals surface area contributed by atoms with E-state index in [1.54, 1.807) is 0 Å². The van der Waals surface area contributed by atoms with Gasteiger partial charge in [-0.15, -0.1) is 11.3 Å². The quantitative estimate of drug-likeness (QED) is 0.718. The number of thiophene rings is 1. The van der Waals surface area contributed by atoms with Gasteiger partial charge in [-0.3, -0.25) is 0 Å². The first-order valence-corrected chi connectivity index (χ1v) is 6.39. The van der Waals surface area contributed by atoms with Crippen LogP contribution in [0.5, 0.6) is 0 Å². The Morgan fingerprint density at radius 2 is 2.00 bits per heavy atom. The summed E-state index contributed by atoms with van der Waals surface area (Å²) in [6, 6.07) is 13.8. The number of hydrogen-bond donors (Lipinski definition) is 0. The topological polar surface area (TPSA) is 23.8 Å². The summed E-state index contributed by atoms with van der Waals surface area (Å²) in [5.74, 6) is 0. The Balaban J connectivity index is 2.58. The first kappa shape index (κ1) is 11.9. The highest BCUT2D eigenvalue weighted by Gasteiger charge is 2.11. The maximum absolute atomic E-state index is 9.23. The summed E-state index contributed by atoms with van der Waals surface area (Å²) < 4.78 is 0. The fraction of sp³-hybridized carbons (Fsp3) is 0.0714. The lowest BCUT2D eigenvalue weighted by Crippen LogP contribution is -1.86. The van der Waals surface area contributed by atoms with Crippen molar-refractivity contribution in [2.75, 3.05) is 0 Å². The summed E-state index contributed by atoms with van der Waals surface area (Å²) >= 11 is 7.85. The van der Waals surface area contributed by atoms with Crippen LogP contribution in [-0.2, 0) is 0 Å². The third-order valence-electron chi connectivity index (χ3n) is 2.48. The van der Waals surface area contributed by atoms with Crippen LogP contribution in [0.4, 0.5) is 0 Å². The second-order valence-electron chi connectivity index (χ2n) is 3.59. The van der Waals surface area contributed by atoms with E-state index in [9.17, 15) is 5.26 Å². The van der Waals surface area contributed by atoms with E-state index in [-0.39, 0.29) is 0 Å². The molecule has 2 aromatic rings. The van der Waals surface area contributed by atoms with Crippen molar-refractivity contribution in [2.45, 2.75) is 6.92 Å². The standard InChI is InChI=1S/C14H10ClNS/c1-10-5-2-3-6-11(10)14(15)12(9-16)13-7-4-8-17-13/h2-8H,1H3. The van der Waals surface area contributed by atoms with Crippen molar-refractivity contribution in [3.05, 3.63) is 57.8 Å². The van der Waals surface area contributed by atoms with Gasteiger partial charge in [0.1, 0.15) is 6.07 Å². The SMILES string of the molecule is Cc1ccccc1C(Cl)=C(C#N)c1cccs1. The molecule has 0 saturated heterocycles. The summed E-state index contributed by atoms with van der Waals surface area (Å²) in [6.07, 6.45) is 0. The molecule has 0 fully saturated rings. The number of aryl methyl sites for hydroxylation is 1. The fourth-order valence-corrected chi connectivity index (χ4v) is 2.73. The zero-order chi connectivity index (χ0) is 12.3. The molecule has 0 radical (unpaired) electrons. The van der Waals surface area contributed by atoms with Gasteiger partial charge < -0.3 is 0 Å². The Kier molecular flexibility index (Phi) is 3.63. The van der Waals surface area contributed by atoms with Gasteiger partial charge >= 0.3 is 0 Å². The van der Waals surface area contributed by atoms with Gasteiger partial charge in [0.05, 0.1) is 10.6 Å². The molecule has 1 aromatic heterocycles. The minimum Gasteiger partial charge on any atom is -0.192 e. The van der Waals surface area contributed by atoms with Gasteiger partial charge in [-0.05, 0) is 29.5 Å². The second-order valence-corrected chi connectivity index (χ2v) is 4.92. The Morgan fingerprint density at radius 3 is 2.59 bits per heavy atom. The predicted molar refractivity (Wildman–Crippen MR) is 73.8 cm³/mol. The minimum atomic E-state index is 0.521. The predicted octanol–water partition coefficient (Wildman–Crippen LogP) is 4.69. The van der Waals surface area contributed by atoms with Gasteiger partial charge in [-0.2, -0.15) is 5.26 Å². The molecule has 84 valence electrons. The molecular weight excluding hydrogens is 250 g/mol. The normalized spacial score (nSPS) is 11.8. The first-order valence-electron chi connectivity index (χ1n) is 5.14. The van der Waals surface area contributed by atoms with Gasteiger partial charge in [0, 0.05) is 4.88 Å². The molecule has 0 aliphatic heterocycles. The van der Waals surface area contributed by atoms with Crippen molar-refractivity contribution >= 4 is 33.5 Å². The molecule has 0 atom stereocenters. The Labute approximate surface area is 110 Å². The lowest BCUT2D eigenvalue weighted by Gasteiger charge is -2.05. The van der Waals surface area contributed by atoms with Crippen molar-refractivity contribution in [3.8, 4) is 6.07 Å². The maximum atomic E-state index is 9.23. The third-order valence-corrected chi connectivity index (χ3v) is 3.76. The maximum Gasteiger partial charge on any atom is 0.102 e. The van der Waals surface area contributed by atoms with Gasteiger partial charge in [-0.25, -0.2) is 0 Å². The van der Waals surface area contributed by atoms with Crippen LogP contribution >= 0.6 is 22.9 Å². The molecule has 2 rings (SSSR count). The molecule has 0 N–H and O–H groups in total. The third kappa shape index (κ3) is 2.41. The van der Waals surface area contributed by atoms with Crippen molar-refractivity contribution < 1.29 is 0 Å². The Morgan fingerprint density at radius 1 is 1.24 bits per heavy atom. The number of nitriles is 1. The molecule has 3 heteroatoms. The molecule has 1 nitrogen and oxygen atoms in total. The average Bonchev–Trinajstić information content (AvgIpc) is 2.84. The van der Waals surface area contributed by atoms with Crippen LogP contribution in [0.15, 0.2) is 41.8 Å². The van der Waals surface area contributed by atoms with Crippen LogP contribution in [0.3, 0.4) is 0 Å². The summed E-state index contributed by atoms with van der Waals surface area (Å²) in [6.45, 7) is 1.99. The van der Waals surface area contributed by atoms with E-state index in [0.29, 0.717) is 10.6 Å². The molecule has 0 aliphatic carbocycles. The average molecular weight is 260 g/mol. The highest BCUT2D eigenvalue weighted by molar-refractivity contribution is 7.11. The summed E-state index contributed by atoms with van der Waals surface area (Å²) in [4.78, 5) is 0.903. The van der Waals surface area contributed by atoms with Crippen LogP contribution in [0.2, 0.25) is 0 Å². The molecule has 0 spiro atoms. The molecule has 0 saturated carbocycles. The van der Waals surface area contributed by atoms with E-state index < -0.39 is 0 Å². The molecule has 0 unspecified atom stereocenters. The van der Waals surface area contributed by atoms with Crippen molar-refractivity contribution in [1.82, 2.24) is 0 Å². The molecule has 0 aliphatic rings. The zero-order valence-electron chi connectivity index (χ0n) is 9.27. The van der Waals surface area contributed by atoms with Crippen molar-refractivity contribution in [3.63, 3.8) is 0 Å². The van der Waals surface area contributed by atoms with Crippen LogP contribution in [0.25, 0.3) is 10.6 Å². The lowest BCUT2D eigenvalue weighted by molar-refractivity contribution is 1.44. The number of rotatable bonds is 2. The summed E-state index contributed by atoms with van der Waals surface area (Å²) in [7, 11) is 0. The van der Waals surface area contributed by atoms with E-state index >= 15 is 0 Å². The van der Waals surface area contributed by atoms with Gasteiger partial charge in [0.2, 0.25) is 0 Å². The number of nitrogens with zero attached hydrogens (tertiary/aromatic N) is 1. The zero-order valence-corrected chi connectivity index (χ0v) is 10.8. The highest BCUT2D eigenvalue weighted by Crippen LogP contribution is 2.32. The molecule has 17 heavy (non-hydrogen) atoms. The second kappa shape index (κ2) is 5.18. The molecule has 0 bridgehead atoms. The number of allylic oxidation sites excluding steroid dienone is 1. The van der Waals surface area contributed by atoms with Gasteiger partial charge in [-0.1, -0.05) is 41.9 Å². The van der Waals surface area contributed by atoms with Gasteiger partial charge in [0.25, 0.3) is 0 Å². The monoisotopic (exact) mass is 259 g/mol. The fourth-order valence-electron chi connectivity index (χ4n) is 1.59. The van der Waals surface area contributed by atoms with E-state index in [1.165, 1.54) is 11.3 Å². The van der Waals surface area contributed by atoms with Crippen LogP contribution in [0.1, 0.15) is 16.0 Å². The Hall–Kier alpha value is -1.56. The molecule has 0 amide bonds. The highest BCUT2D eigenvalue weighted by atomic mass is 35.5. The largest absolute Gasteiger partial charge is 0.192 e. The first-order chi connectivity index (χ1) is 8.24. The molecule has 1 heterocycles. The molecular formula is C14H10ClNS. The van der Waals surface area contributed by atoms with Crippen molar-refractivity contribution in [1.29, 1.82) is 5.26 Å². The number of halogens is 1. The van der Waals surface area contributed by atoms with E-state index in [0.717, 1.165) is 16.0 Å².